The lowest BCUT2D eigenvalue weighted by molar-refractivity contribution is 0.0604. The highest BCUT2D eigenvalue weighted by molar-refractivity contribution is 7.12. The fourth-order valence-corrected chi connectivity index (χ4v) is 4.68. The van der Waals surface area contributed by atoms with Crippen molar-refractivity contribution in [2.24, 2.45) is 0 Å². The molecule has 1 fully saturated rings. The van der Waals surface area contributed by atoms with Gasteiger partial charge in [-0.1, -0.05) is 24.3 Å². The lowest BCUT2D eigenvalue weighted by atomic mass is 9.95. The molecule has 2 aliphatic heterocycles. The van der Waals surface area contributed by atoms with Crippen molar-refractivity contribution in [2.75, 3.05) is 25.4 Å². The summed E-state index contributed by atoms with van der Waals surface area (Å²) in [5.74, 6) is 0.102. The number of rotatable bonds is 2. The topological polar surface area (TPSA) is 49.6 Å². The van der Waals surface area contributed by atoms with Crippen LogP contribution in [0.3, 0.4) is 0 Å². The quantitative estimate of drug-likeness (QED) is 0.913. The lowest BCUT2D eigenvalue weighted by Gasteiger charge is -2.40. The number of nitrogen functional groups attached to an aromatic ring is 1. The van der Waals surface area contributed by atoms with E-state index in [4.69, 9.17) is 5.73 Å². The predicted molar refractivity (Wildman–Crippen MR) is 98.2 cm³/mol. The molecule has 1 saturated heterocycles. The number of nitrogens with zero attached hydrogens (tertiary/aromatic N) is 2. The number of amides is 1. The molecule has 2 N–H and O–H groups in total. The van der Waals surface area contributed by atoms with Crippen LogP contribution in [-0.2, 0) is 13.0 Å². The van der Waals surface area contributed by atoms with E-state index in [1.807, 2.05) is 16.3 Å². The second-order valence-corrected chi connectivity index (χ2v) is 7.63. The van der Waals surface area contributed by atoms with E-state index in [-0.39, 0.29) is 5.91 Å². The Hall–Kier alpha value is -1.85. The Kier molecular flexibility index (Phi) is 4.29. The van der Waals surface area contributed by atoms with Crippen molar-refractivity contribution in [2.45, 2.75) is 31.8 Å². The van der Waals surface area contributed by atoms with Crippen LogP contribution in [0.25, 0.3) is 0 Å². The van der Waals surface area contributed by atoms with Gasteiger partial charge >= 0.3 is 0 Å². The largest absolute Gasteiger partial charge is 0.397 e. The number of carbonyl (C=O) groups excluding carboxylic acids is 1. The second kappa shape index (κ2) is 6.57. The van der Waals surface area contributed by atoms with Gasteiger partial charge in [0.2, 0.25) is 0 Å². The van der Waals surface area contributed by atoms with Gasteiger partial charge < -0.3 is 10.6 Å². The molecule has 0 radical (unpaired) electrons. The minimum atomic E-state index is 0.102. The van der Waals surface area contributed by atoms with Gasteiger partial charge in [-0.15, -0.1) is 11.3 Å². The van der Waals surface area contributed by atoms with E-state index >= 15 is 0 Å². The van der Waals surface area contributed by atoms with Gasteiger partial charge in [0, 0.05) is 32.2 Å². The molecule has 0 bridgehead atoms. The number of likely N-dealkylation sites (tertiary alicyclic amines) is 1. The predicted octanol–water partition coefficient (Wildman–Crippen LogP) is 2.99. The van der Waals surface area contributed by atoms with E-state index in [9.17, 15) is 4.79 Å². The molecule has 2 aliphatic rings. The second-order valence-electron chi connectivity index (χ2n) is 6.72. The van der Waals surface area contributed by atoms with Crippen LogP contribution in [0.4, 0.5) is 5.69 Å². The third-order valence-electron chi connectivity index (χ3n) is 5.32. The van der Waals surface area contributed by atoms with Crippen LogP contribution in [0.1, 0.15) is 33.6 Å². The minimum absolute atomic E-state index is 0.102. The zero-order valence-corrected chi connectivity index (χ0v) is 14.6. The number of nitrogens with two attached hydrogens (primary N) is 1. The van der Waals surface area contributed by atoms with E-state index < -0.39 is 0 Å². The standard InChI is InChI=1S/C19H23N3OS/c20-17-8-12-24-18(17)19(23)21-10-6-16(7-11-21)22-9-5-14-3-1-2-4-15(14)13-22/h1-4,8,12,16H,5-7,9-11,13,20H2. The van der Waals surface area contributed by atoms with E-state index in [2.05, 4.69) is 29.2 Å². The van der Waals surface area contributed by atoms with Gasteiger partial charge in [0.15, 0.2) is 0 Å². The number of piperidine rings is 1. The normalized spacial score (nSPS) is 19.2. The number of benzene rings is 1. The number of hydrogen-bond acceptors (Lipinski definition) is 4. The average Bonchev–Trinajstić information content (AvgIpc) is 3.07. The number of thiophene rings is 1. The van der Waals surface area contributed by atoms with Crippen molar-refractivity contribution in [3.05, 3.63) is 51.7 Å². The van der Waals surface area contributed by atoms with Crippen molar-refractivity contribution < 1.29 is 4.79 Å². The van der Waals surface area contributed by atoms with Crippen LogP contribution < -0.4 is 5.73 Å². The maximum absolute atomic E-state index is 12.6. The fraction of sp³-hybridized carbons (Fsp3) is 0.421. The van der Waals surface area contributed by atoms with E-state index in [0.717, 1.165) is 45.4 Å². The summed E-state index contributed by atoms with van der Waals surface area (Å²) < 4.78 is 0. The smallest absolute Gasteiger partial charge is 0.266 e. The molecule has 4 nitrogen and oxygen atoms in total. The molecule has 1 aromatic carbocycles. The summed E-state index contributed by atoms with van der Waals surface area (Å²) >= 11 is 1.45. The molecular formula is C19H23N3OS. The molecular weight excluding hydrogens is 318 g/mol. The summed E-state index contributed by atoms with van der Waals surface area (Å²) in [6.45, 7) is 3.85. The van der Waals surface area contributed by atoms with Gasteiger partial charge in [0.05, 0.1) is 5.69 Å². The van der Waals surface area contributed by atoms with Crippen LogP contribution in [0, 0.1) is 0 Å². The number of fused-ring (bicyclic) bond motifs is 1. The zero-order chi connectivity index (χ0) is 16.5. The van der Waals surface area contributed by atoms with E-state index in [0.29, 0.717) is 16.6 Å². The van der Waals surface area contributed by atoms with Crippen LogP contribution in [-0.4, -0.2) is 41.4 Å². The summed E-state index contributed by atoms with van der Waals surface area (Å²) in [6.07, 6.45) is 3.25. The summed E-state index contributed by atoms with van der Waals surface area (Å²) in [4.78, 5) is 17.8. The summed E-state index contributed by atoms with van der Waals surface area (Å²) in [5, 5.41) is 1.89. The fourth-order valence-electron chi connectivity index (χ4n) is 3.90. The van der Waals surface area contributed by atoms with Gasteiger partial charge in [-0.05, 0) is 41.8 Å². The Morgan fingerprint density at radius 2 is 1.83 bits per heavy atom. The highest BCUT2D eigenvalue weighted by Crippen LogP contribution is 2.27. The van der Waals surface area contributed by atoms with Crippen LogP contribution in [0.5, 0.6) is 0 Å². The van der Waals surface area contributed by atoms with Crippen molar-refractivity contribution in [3.8, 4) is 0 Å². The zero-order valence-electron chi connectivity index (χ0n) is 13.8. The van der Waals surface area contributed by atoms with Crippen LogP contribution in [0.2, 0.25) is 0 Å². The van der Waals surface area contributed by atoms with Gasteiger partial charge in [-0.25, -0.2) is 0 Å². The maximum atomic E-state index is 12.6. The average molecular weight is 341 g/mol. The third kappa shape index (κ3) is 2.94. The van der Waals surface area contributed by atoms with Crippen LogP contribution in [0.15, 0.2) is 35.7 Å². The molecule has 5 heteroatoms. The van der Waals surface area contributed by atoms with Gasteiger partial charge in [-0.3, -0.25) is 9.69 Å². The first kappa shape index (κ1) is 15.7. The van der Waals surface area contributed by atoms with Gasteiger partial charge in [0.25, 0.3) is 5.91 Å². The Labute approximate surface area is 146 Å². The third-order valence-corrected chi connectivity index (χ3v) is 6.24. The molecule has 4 rings (SSSR count). The van der Waals surface area contributed by atoms with Crippen molar-refractivity contribution >= 4 is 22.9 Å². The molecule has 1 amide bonds. The molecule has 0 atom stereocenters. The summed E-state index contributed by atoms with van der Waals surface area (Å²) in [7, 11) is 0. The van der Waals surface area contributed by atoms with Crippen molar-refractivity contribution in [1.29, 1.82) is 0 Å². The van der Waals surface area contributed by atoms with E-state index in [1.165, 1.54) is 22.5 Å². The molecule has 1 aromatic heterocycles. The minimum Gasteiger partial charge on any atom is -0.397 e. The first-order valence-corrected chi connectivity index (χ1v) is 9.53. The SMILES string of the molecule is Nc1ccsc1C(=O)N1CCC(N2CCc3ccccc3C2)CC1. The highest BCUT2D eigenvalue weighted by Gasteiger charge is 2.30. The van der Waals surface area contributed by atoms with Gasteiger partial charge in [-0.2, -0.15) is 0 Å². The van der Waals surface area contributed by atoms with Crippen LogP contribution >= 0.6 is 11.3 Å². The first-order chi connectivity index (χ1) is 11.7. The molecule has 0 aliphatic carbocycles. The highest BCUT2D eigenvalue weighted by atomic mass is 32.1. The molecule has 0 spiro atoms. The molecule has 2 aromatic rings. The Bertz CT molecular complexity index is 734. The first-order valence-electron chi connectivity index (χ1n) is 8.65. The number of anilines is 1. The number of hydrogen-bond donors (Lipinski definition) is 1. The Morgan fingerprint density at radius 3 is 2.54 bits per heavy atom. The molecule has 0 saturated carbocycles. The molecule has 3 heterocycles. The molecule has 0 unspecified atom stereocenters. The monoisotopic (exact) mass is 341 g/mol. The van der Waals surface area contributed by atoms with Crippen molar-refractivity contribution in [1.82, 2.24) is 9.80 Å². The summed E-state index contributed by atoms with van der Waals surface area (Å²) in [5.41, 5.74) is 9.46. The van der Waals surface area contributed by atoms with Gasteiger partial charge in [0.1, 0.15) is 4.88 Å². The Balaban J connectivity index is 1.37. The molecule has 24 heavy (non-hydrogen) atoms. The Morgan fingerprint density at radius 1 is 1.08 bits per heavy atom. The van der Waals surface area contributed by atoms with E-state index in [1.54, 1.807) is 0 Å². The van der Waals surface area contributed by atoms with Crippen molar-refractivity contribution in [3.63, 3.8) is 0 Å². The summed E-state index contributed by atoms with van der Waals surface area (Å²) in [6, 6.07) is 11.2. The lowest BCUT2D eigenvalue weighted by Crippen LogP contribution is -2.48. The number of carbonyl (C=O) groups is 1. The molecule has 126 valence electrons. The maximum Gasteiger partial charge on any atom is 0.266 e.